The lowest BCUT2D eigenvalue weighted by Gasteiger charge is -2.06. The van der Waals surface area contributed by atoms with Crippen LogP contribution in [-0.2, 0) is 20.9 Å². The van der Waals surface area contributed by atoms with Crippen molar-refractivity contribution < 1.29 is 14.3 Å². The third kappa shape index (κ3) is 5.87. The molecule has 1 aromatic carbocycles. The predicted octanol–water partition coefficient (Wildman–Crippen LogP) is 3.51. The molecule has 2 rings (SSSR count). The van der Waals surface area contributed by atoms with E-state index >= 15 is 0 Å². The van der Waals surface area contributed by atoms with Crippen LogP contribution in [0.4, 0.5) is 0 Å². The van der Waals surface area contributed by atoms with Gasteiger partial charge in [0.05, 0.1) is 18.3 Å². The number of ether oxygens (including phenoxy) is 1. The molecule has 1 N–H and O–H groups in total. The zero-order valence-corrected chi connectivity index (χ0v) is 17.2. The van der Waals surface area contributed by atoms with Gasteiger partial charge in [0, 0.05) is 17.4 Å². The predicted molar refractivity (Wildman–Crippen MR) is 110 cm³/mol. The van der Waals surface area contributed by atoms with Crippen LogP contribution in [0.5, 0.6) is 0 Å². The number of aromatic nitrogens is 2. The molecule has 2 aromatic rings. The zero-order chi connectivity index (χ0) is 21.6. The highest BCUT2D eigenvalue weighted by Gasteiger charge is 2.21. The molecule has 1 atom stereocenters. The van der Waals surface area contributed by atoms with E-state index in [0.717, 1.165) is 17.2 Å². The summed E-state index contributed by atoms with van der Waals surface area (Å²) in [7, 11) is 0. The van der Waals surface area contributed by atoms with E-state index in [1.54, 1.807) is 17.7 Å². The monoisotopic (exact) mass is 412 g/mol. The third-order valence-electron chi connectivity index (χ3n) is 4.19. The average molecular weight is 413 g/mol. The number of halogens is 1. The van der Waals surface area contributed by atoms with Crippen LogP contribution in [-0.4, -0.2) is 33.9 Å². The minimum atomic E-state index is -1.21. The molecular weight excluding hydrogens is 392 g/mol. The molecule has 150 valence electrons. The van der Waals surface area contributed by atoms with Gasteiger partial charge < -0.3 is 10.1 Å². The number of ketones is 1. The summed E-state index contributed by atoms with van der Waals surface area (Å²) < 4.78 is 6.50. The van der Waals surface area contributed by atoms with E-state index in [1.807, 2.05) is 31.2 Å². The Balaban J connectivity index is 2.03. The van der Waals surface area contributed by atoms with Crippen LogP contribution in [0.2, 0.25) is 5.15 Å². The fraction of sp³-hybridized carbons (Fsp3) is 0.286. The van der Waals surface area contributed by atoms with Crippen LogP contribution in [0.3, 0.4) is 0 Å². The number of aryl methyl sites for hydroxylation is 2. The fourth-order valence-electron chi connectivity index (χ4n) is 2.56. The standard InChI is InChI=1S/C21H21ClN4O3/c1-13-4-6-16(7-5-13)11-26-21(22)17(15(3)25-26)8-9-20(28)29-12-19(27)18(10-23)14(2)24/h4-9,18,24H,11-12H2,1-3H3/b9-8+,24-14?/t18-/m1/s1. The Bertz CT molecular complexity index is 1000. The van der Waals surface area contributed by atoms with E-state index in [2.05, 4.69) is 5.10 Å². The number of nitrogens with zero attached hydrogens (tertiary/aromatic N) is 3. The Labute approximate surface area is 174 Å². The molecule has 0 aliphatic rings. The molecule has 0 spiro atoms. The molecule has 0 aliphatic heterocycles. The van der Waals surface area contributed by atoms with Crippen LogP contribution in [0, 0.1) is 36.5 Å². The molecule has 8 heteroatoms. The minimum Gasteiger partial charge on any atom is -0.454 e. The Hall–Kier alpha value is -3.24. The van der Waals surface area contributed by atoms with Crippen molar-refractivity contribution in [1.82, 2.24) is 9.78 Å². The van der Waals surface area contributed by atoms with E-state index in [9.17, 15) is 9.59 Å². The molecule has 0 amide bonds. The summed E-state index contributed by atoms with van der Waals surface area (Å²) in [6, 6.07) is 9.72. The van der Waals surface area contributed by atoms with Gasteiger partial charge >= 0.3 is 5.97 Å². The first-order chi connectivity index (χ1) is 13.7. The first kappa shape index (κ1) is 22.1. The number of carbonyl (C=O) groups is 2. The number of hydrogen-bond donors (Lipinski definition) is 1. The second-order valence-corrected chi connectivity index (χ2v) is 6.94. The maximum atomic E-state index is 11.9. The van der Waals surface area contributed by atoms with Gasteiger partial charge in [-0.15, -0.1) is 0 Å². The number of nitriles is 1. The molecule has 29 heavy (non-hydrogen) atoms. The Morgan fingerprint density at radius 1 is 1.34 bits per heavy atom. The average Bonchev–Trinajstić information content (AvgIpc) is 2.93. The molecule has 1 heterocycles. The summed E-state index contributed by atoms with van der Waals surface area (Å²) in [4.78, 5) is 23.7. The minimum absolute atomic E-state index is 0.0903. The molecule has 0 bridgehead atoms. The highest BCUT2D eigenvalue weighted by Crippen LogP contribution is 2.22. The van der Waals surface area contributed by atoms with Gasteiger partial charge in [-0.05, 0) is 32.4 Å². The van der Waals surface area contributed by atoms with Crippen molar-refractivity contribution in [2.45, 2.75) is 27.3 Å². The Morgan fingerprint density at radius 2 is 2.00 bits per heavy atom. The number of Topliss-reactive ketones (excluding diaryl/α,β-unsaturated/α-hetero) is 1. The summed E-state index contributed by atoms with van der Waals surface area (Å²) >= 11 is 6.40. The lowest BCUT2D eigenvalue weighted by atomic mass is 10.0. The van der Waals surface area contributed by atoms with Gasteiger partial charge in [0.1, 0.15) is 11.1 Å². The second-order valence-electron chi connectivity index (χ2n) is 6.59. The summed E-state index contributed by atoms with van der Waals surface area (Å²) in [6.07, 6.45) is 2.63. The van der Waals surface area contributed by atoms with Crippen molar-refractivity contribution >= 4 is 35.1 Å². The van der Waals surface area contributed by atoms with Crippen molar-refractivity contribution in [1.29, 1.82) is 10.7 Å². The number of hydrogen-bond acceptors (Lipinski definition) is 6. The van der Waals surface area contributed by atoms with Crippen LogP contribution in [0.1, 0.15) is 29.3 Å². The molecule has 7 nitrogen and oxygen atoms in total. The maximum Gasteiger partial charge on any atom is 0.331 e. The third-order valence-corrected chi connectivity index (χ3v) is 4.59. The van der Waals surface area contributed by atoms with Gasteiger partial charge in [-0.25, -0.2) is 9.48 Å². The highest BCUT2D eigenvalue weighted by atomic mass is 35.5. The molecule has 0 fully saturated rings. The second kappa shape index (κ2) is 9.80. The van der Waals surface area contributed by atoms with Crippen molar-refractivity contribution in [3.63, 3.8) is 0 Å². The molecule has 0 saturated carbocycles. The van der Waals surface area contributed by atoms with E-state index in [1.165, 1.54) is 13.0 Å². The van der Waals surface area contributed by atoms with Gasteiger partial charge in [-0.3, -0.25) is 4.79 Å². The van der Waals surface area contributed by atoms with Gasteiger partial charge in [-0.2, -0.15) is 10.4 Å². The first-order valence-electron chi connectivity index (χ1n) is 8.83. The lowest BCUT2D eigenvalue weighted by molar-refractivity contribution is -0.143. The summed E-state index contributed by atoms with van der Waals surface area (Å²) in [5.74, 6) is -2.59. The molecular formula is C21H21ClN4O3. The first-order valence-corrected chi connectivity index (χ1v) is 9.21. The van der Waals surface area contributed by atoms with Crippen LogP contribution >= 0.6 is 11.6 Å². The van der Waals surface area contributed by atoms with Gasteiger partial charge in [0.15, 0.2) is 12.4 Å². The number of carbonyl (C=O) groups excluding carboxylic acids is 2. The lowest BCUT2D eigenvalue weighted by Crippen LogP contribution is -2.25. The van der Waals surface area contributed by atoms with Crippen molar-refractivity contribution in [3.8, 4) is 6.07 Å². The normalized spacial score (nSPS) is 11.8. The summed E-state index contributed by atoms with van der Waals surface area (Å²) in [6.45, 7) is 5.06. The van der Waals surface area contributed by atoms with Gasteiger partial charge in [0.25, 0.3) is 0 Å². The smallest absolute Gasteiger partial charge is 0.331 e. The zero-order valence-electron chi connectivity index (χ0n) is 16.4. The van der Waals surface area contributed by atoms with E-state index < -0.39 is 24.3 Å². The quantitative estimate of drug-likeness (QED) is 0.405. The van der Waals surface area contributed by atoms with Crippen LogP contribution in [0.15, 0.2) is 30.3 Å². The number of rotatable bonds is 8. The molecule has 0 radical (unpaired) electrons. The fourth-order valence-corrected chi connectivity index (χ4v) is 2.86. The van der Waals surface area contributed by atoms with Crippen LogP contribution in [0.25, 0.3) is 6.08 Å². The molecule has 0 aliphatic carbocycles. The molecule has 1 aromatic heterocycles. The maximum absolute atomic E-state index is 11.9. The van der Waals surface area contributed by atoms with E-state index in [4.69, 9.17) is 27.0 Å². The largest absolute Gasteiger partial charge is 0.454 e. The Morgan fingerprint density at radius 3 is 2.59 bits per heavy atom. The number of nitrogens with one attached hydrogen (secondary N) is 1. The van der Waals surface area contributed by atoms with Crippen LogP contribution < -0.4 is 0 Å². The highest BCUT2D eigenvalue weighted by molar-refractivity contribution is 6.31. The van der Waals surface area contributed by atoms with Crippen molar-refractivity contribution in [2.24, 2.45) is 5.92 Å². The van der Waals surface area contributed by atoms with Gasteiger partial charge in [-0.1, -0.05) is 41.4 Å². The van der Waals surface area contributed by atoms with Crippen molar-refractivity contribution in [3.05, 3.63) is 57.9 Å². The van der Waals surface area contributed by atoms with Crippen molar-refractivity contribution in [2.75, 3.05) is 6.61 Å². The topological polar surface area (TPSA) is 109 Å². The van der Waals surface area contributed by atoms with E-state index in [-0.39, 0.29) is 5.71 Å². The van der Waals surface area contributed by atoms with Gasteiger partial charge in [0.2, 0.25) is 0 Å². The summed E-state index contributed by atoms with van der Waals surface area (Å²) in [5, 5.41) is 21.0. The SMILES string of the molecule is CC(=N)[C@@H](C#N)C(=O)COC(=O)/C=C/c1c(C)nn(Cc2ccc(C)cc2)c1Cl. The molecule has 0 saturated heterocycles. The Kier molecular flexibility index (Phi) is 7.46. The molecule has 0 unspecified atom stereocenters. The number of esters is 1. The number of benzene rings is 1. The van der Waals surface area contributed by atoms with E-state index in [0.29, 0.717) is 23.0 Å². The summed E-state index contributed by atoms with van der Waals surface area (Å²) in [5.41, 5.74) is 3.34.